The lowest BCUT2D eigenvalue weighted by molar-refractivity contribution is -0.140. The van der Waals surface area contributed by atoms with Crippen molar-refractivity contribution in [2.24, 2.45) is 23.2 Å². The van der Waals surface area contributed by atoms with Crippen molar-refractivity contribution in [3.63, 3.8) is 0 Å². The molecule has 0 aromatic heterocycles. The summed E-state index contributed by atoms with van der Waals surface area (Å²) in [4.78, 5) is 14.6. The SMILES string of the molecule is O=C(Nc1cccc2c(-c3ccccc3)c(-c3ccccc3)c(-c3ccccc3)c(-c3ccccc3)c12)C12CC3CC(CC(C3)C1)C2. The summed E-state index contributed by atoms with van der Waals surface area (Å²) in [5.41, 5.74) is 10.1. The lowest BCUT2D eigenvalue weighted by Crippen LogP contribution is -2.51. The number of hydrogen-bond donors (Lipinski definition) is 1. The number of benzene rings is 6. The summed E-state index contributed by atoms with van der Waals surface area (Å²) >= 11 is 0. The van der Waals surface area contributed by atoms with Gasteiger partial charge in [0.1, 0.15) is 0 Å². The lowest BCUT2D eigenvalue weighted by Gasteiger charge is -2.55. The van der Waals surface area contributed by atoms with E-state index in [9.17, 15) is 4.79 Å². The molecule has 0 radical (unpaired) electrons. The minimum atomic E-state index is -0.238. The van der Waals surface area contributed by atoms with E-state index in [0.29, 0.717) is 17.8 Å². The zero-order valence-electron chi connectivity index (χ0n) is 26.7. The number of fused-ring (bicyclic) bond motifs is 1. The molecule has 6 aromatic rings. The number of carbonyl (C=O) groups is 1. The van der Waals surface area contributed by atoms with Crippen molar-refractivity contribution in [2.75, 3.05) is 5.32 Å². The van der Waals surface area contributed by atoms with Crippen LogP contribution in [0.4, 0.5) is 5.69 Å². The smallest absolute Gasteiger partial charge is 0.230 e. The predicted octanol–water partition coefficient (Wildman–Crippen LogP) is 11.7. The highest BCUT2D eigenvalue weighted by atomic mass is 16.2. The fraction of sp³-hybridized carbons (Fsp3) is 0.222. The van der Waals surface area contributed by atoms with Gasteiger partial charge in [0.15, 0.2) is 0 Å². The second kappa shape index (κ2) is 11.4. The zero-order chi connectivity index (χ0) is 31.4. The maximum atomic E-state index is 14.6. The van der Waals surface area contributed by atoms with E-state index in [4.69, 9.17) is 0 Å². The minimum absolute atomic E-state index is 0.234. The van der Waals surface area contributed by atoms with Crippen LogP contribution < -0.4 is 5.32 Å². The summed E-state index contributed by atoms with van der Waals surface area (Å²) in [5, 5.41) is 5.89. The molecule has 4 fully saturated rings. The molecule has 0 atom stereocenters. The van der Waals surface area contributed by atoms with Gasteiger partial charge in [-0.3, -0.25) is 4.79 Å². The molecule has 230 valence electrons. The molecule has 4 saturated carbocycles. The Morgan fingerprint density at radius 2 is 0.872 bits per heavy atom. The first-order valence-electron chi connectivity index (χ1n) is 17.3. The summed E-state index contributed by atoms with van der Waals surface area (Å²) in [6.45, 7) is 0. The topological polar surface area (TPSA) is 29.1 Å². The lowest BCUT2D eigenvalue weighted by atomic mass is 9.49. The summed E-state index contributed by atoms with van der Waals surface area (Å²) in [6, 6.07) is 49.7. The first-order valence-corrected chi connectivity index (χ1v) is 17.3. The molecule has 1 N–H and O–H groups in total. The molecule has 1 amide bonds. The number of amides is 1. The van der Waals surface area contributed by atoms with E-state index in [-0.39, 0.29) is 11.3 Å². The molecule has 0 aliphatic heterocycles. The van der Waals surface area contributed by atoms with Crippen LogP contribution in [-0.4, -0.2) is 5.91 Å². The Morgan fingerprint density at radius 3 is 1.34 bits per heavy atom. The molecule has 10 rings (SSSR count). The Labute approximate surface area is 277 Å². The highest BCUT2D eigenvalue weighted by molar-refractivity contribution is 6.22. The predicted molar refractivity (Wildman–Crippen MR) is 195 cm³/mol. The molecule has 4 bridgehead atoms. The Balaban J connectivity index is 1.37. The second-order valence-corrected chi connectivity index (χ2v) is 14.3. The van der Waals surface area contributed by atoms with Gasteiger partial charge < -0.3 is 5.32 Å². The highest BCUT2D eigenvalue weighted by Crippen LogP contribution is 2.60. The molecule has 2 heteroatoms. The van der Waals surface area contributed by atoms with E-state index >= 15 is 0 Å². The Kier molecular flexibility index (Phi) is 6.85. The third kappa shape index (κ3) is 4.81. The van der Waals surface area contributed by atoms with Gasteiger partial charge in [0.2, 0.25) is 5.91 Å². The number of anilines is 1. The van der Waals surface area contributed by atoms with Crippen molar-refractivity contribution in [3.8, 4) is 44.5 Å². The van der Waals surface area contributed by atoms with Crippen molar-refractivity contribution in [1.29, 1.82) is 0 Å². The summed E-state index contributed by atoms with van der Waals surface area (Å²) in [6.07, 6.45) is 7.10. The average Bonchev–Trinajstić information content (AvgIpc) is 3.11. The summed E-state index contributed by atoms with van der Waals surface area (Å²) in [5.74, 6) is 2.37. The number of hydrogen-bond acceptors (Lipinski definition) is 1. The van der Waals surface area contributed by atoms with Crippen LogP contribution in [0.5, 0.6) is 0 Å². The van der Waals surface area contributed by atoms with Gasteiger partial charge in [0, 0.05) is 16.6 Å². The van der Waals surface area contributed by atoms with Crippen molar-refractivity contribution >= 4 is 22.4 Å². The summed E-state index contributed by atoms with van der Waals surface area (Å²) < 4.78 is 0. The molecular formula is C45H39NO. The van der Waals surface area contributed by atoms with Gasteiger partial charge in [-0.1, -0.05) is 133 Å². The quantitative estimate of drug-likeness (QED) is 0.200. The molecule has 2 nitrogen and oxygen atoms in total. The Bertz CT molecular complexity index is 2050. The van der Waals surface area contributed by atoms with Crippen molar-refractivity contribution in [2.45, 2.75) is 38.5 Å². The van der Waals surface area contributed by atoms with Crippen LogP contribution in [0.25, 0.3) is 55.3 Å². The van der Waals surface area contributed by atoms with Crippen LogP contribution in [0.15, 0.2) is 140 Å². The third-order valence-electron chi connectivity index (χ3n) is 11.4. The molecule has 0 heterocycles. The van der Waals surface area contributed by atoms with Crippen LogP contribution >= 0.6 is 0 Å². The van der Waals surface area contributed by atoms with Gasteiger partial charge in [0.05, 0.1) is 5.41 Å². The van der Waals surface area contributed by atoms with Gasteiger partial charge in [-0.05, 0) is 107 Å². The van der Waals surface area contributed by atoms with E-state index in [1.807, 2.05) is 0 Å². The maximum Gasteiger partial charge on any atom is 0.230 e. The number of nitrogens with one attached hydrogen (secondary N) is 1. The largest absolute Gasteiger partial charge is 0.325 e. The van der Waals surface area contributed by atoms with Crippen LogP contribution in [0.1, 0.15) is 38.5 Å². The Morgan fingerprint density at radius 1 is 0.468 bits per heavy atom. The zero-order valence-corrected chi connectivity index (χ0v) is 26.7. The van der Waals surface area contributed by atoms with Gasteiger partial charge in [-0.2, -0.15) is 0 Å². The first-order chi connectivity index (χ1) is 23.2. The van der Waals surface area contributed by atoms with E-state index < -0.39 is 0 Å². The molecule has 47 heavy (non-hydrogen) atoms. The molecule has 0 saturated heterocycles. The molecule has 4 aliphatic rings. The van der Waals surface area contributed by atoms with E-state index in [2.05, 4.69) is 145 Å². The van der Waals surface area contributed by atoms with Crippen LogP contribution in [0, 0.1) is 23.2 Å². The second-order valence-electron chi connectivity index (χ2n) is 14.3. The third-order valence-corrected chi connectivity index (χ3v) is 11.4. The molecular weight excluding hydrogens is 571 g/mol. The van der Waals surface area contributed by atoms with Crippen LogP contribution in [0.2, 0.25) is 0 Å². The van der Waals surface area contributed by atoms with Crippen LogP contribution in [-0.2, 0) is 4.79 Å². The van der Waals surface area contributed by atoms with E-state index in [1.165, 1.54) is 41.5 Å². The van der Waals surface area contributed by atoms with Crippen molar-refractivity contribution < 1.29 is 4.79 Å². The van der Waals surface area contributed by atoms with E-state index in [0.717, 1.165) is 58.0 Å². The van der Waals surface area contributed by atoms with Crippen LogP contribution in [0.3, 0.4) is 0 Å². The number of rotatable bonds is 6. The van der Waals surface area contributed by atoms with Gasteiger partial charge in [0.25, 0.3) is 0 Å². The summed E-state index contributed by atoms with van der Waals surface area (Å²) in [7, 11) is 0. The number of carbonyl (C=O) groups excluding carboxylic acids is 1. The van der Waals surface area contributed by atoms with Gasteiger partial charge in [-0.15, -0.1) is 0 Å². The fourth-order valence-corrected chi connectivity index (χ4v) is 9.87. The van der Waals surface area contributed by atoms with Gasteiger partial charge >= 0.3 is 0 Å². The molecule has 0 unspecified atom stereocenters. The highest BCUT2D eigenvalue weighted by Gasteiger charge is 2.54. The standard InChI is InChI=1S/C45H39NO/c47-44(45-27-30-24-31(28-45)26-32(25-30)29-45)46-38-23-13-22-37-39(33-14-5-1-6-15-33)40(34-16-7-2-8-17-34)41(35-18-9-3-10-19-35)42(43(37)38)36-20-11-4-12-21-36/h1-23,30-32H,24-29H2,(H,46,47). The van der Waals surface area contributed by atoms with Crippen molar-refractivity contribution in [1.82, 2.24) is 0 Å². The fourth-order valence-electron chi connectivity index (χ4n) is 9.87. The normalized spacial score (nSPS) is 22.8. The average molecular weight is 610 g/mol. The van der Waals surface area contributed by atoms with Crippen molar-refractivity contribution in [3.05, 3.63) is 140 Å². The first kappa shape index (κ1) is 28.3. The molecule has 6 aromatic carbocycles. The van der Waals surface area contributed by atoms with Gasteiger partial charge in [-0.25, -0.2) is 0 Å². The van der Waals surface area contributed by atoms with E-state index in [1.54, 1.807) is 0 Å². The minimum Gasteiger partial charge on any atom is -0.325 e. The maximum absolute atomic E-state index is 14.6. The molecule has 4 aliphatic carbocycles. The molecule has 0 spiro atoms. The Hall–Kier alpha value is -4.95. The monoisotopic (exact) mass is 609 g/mol.